The van der Waals surface area contributed by atoms with Crippen LogP contribution in [-0.4, -0.2) is 72.9 Å². The first-order chi connectivity index (χ1) is 18.1. The minimum absolute atomic E-state index is 0.00896. The quantitative estimate of drug-likeness (QED) is 0.121. The van der Waals surface area contributed by atoms with Gasteiger partial charge in [0.25, 0.3) is 0 Å². The molecule has 0 saturated carbocycles. The molecule has 0 aromatic carbocycles. The second-order valence-electron chi connectivity index (χ2n) is 10.9. The van der Waals surface area contributed by atoms with Gasteiger partial charge < -0.3 is 19.3 Å². The zero-order valence-corrected chi connectivity index (χ0v) is 25.2. The highest BCUT2D eigenvalue weighted by Crippen LogP contribution is 2.13. The number of hydrogen-bond donors (Lipinski definition) is 0. The number of carbonyl (C=O) groups is 4. The van der Waals surface area contributed by atoms with Crippen LogP contribution < -0.4 is 0 Å². The van der Waals surface area contributed by atoms with Crippen LogP contribution in [-0.2, 0) is 28.7 Å². The van der Waals surface area contributed by atoms with Crippen LogP contribution in [0.3, 0.4) is 0 Å². The lowest BCUT2D eigenvalue weighted by Crippen LogP contribution is -2.42. The molecule has 0 heterocycles. The number of carbonyl (C=O) groups excluding carboxylic acids is 4. The summed E-state index contributed by atoms with van der Waals surface area (Å²) in [6, 6.07) is 0. The van der Waals surface area contributed by atoms with Gasteiger partial charge in [-0.1, -0.05) is 66.2 Å². The van der Waals surface area contributed by atoms with Gasteiger partial charge in [0.05, 0.1) is 26.1 Å². The second-order valence-corrected chi connectivity index (χ2v) is 10.9. The van der Waals surface area contributed by atoms with E-state index in [1.165, 1.54) is 0 Å². The number of hydrogen-bond acceptors (Lipinski definition) is 6. The fourth-order valence-corrected chi connectivity index (χ4v) is 4.21. The Labute approximate surface area is 232 Å². The summed E-state index contributed by atoms with van der Waals surface area (Å²) in [6.45, 7) is 14.1. The lowest BCUT2D eigenvalue weighted by atomic mass is 10.0. The monoisotopic (exact) mass is 540 g/mol. The Kier molecular flexibility index (Phi) is 21.6. The number of rotatable bonds is 23. The van der Waals surface area contributed by atoms with E-state index in [1.54, 1.807) is 23.6 Å². The van der Waals surface area contributed by atoms with Crippen LogP contribution in [0.5, 0.6) is 0 Å². The molecule has 0 N–H and O–H groups in total. The molecule has 0 radical (unpaired) electrons. The third-order valence-electron chi connectivity index (χ3n) is 6.47. The van der Waals surface area contributed by atoms with E-state index in [4.69, 9.17) is 9.47 Å². The summed E-state index contributed by atoms with van der Waals surface area (Å²) < 4.78 is 10.1. The smallest absolute Gasteiger partial charge is 0.307 e. The Morgan fingerprint density at radius 3 is 1.21 bits per heavy atom. The standard InChI is InChI=1S/C30H56N2O6/c1-7-37-29(35)19-21-31(27(33)17-13-9-11-15-25(3)4)23-24-32(22-20-30(36)38-8-2)28(34)18-14-10-12-16-26(5)6/h25-26H,7-24H2,1-6H3. The van der Waals surface area contributed by atoms with Crippen molar-refractivity contribution >= 4 is 23.8 Å². The number of ether oxygens (including phenoxy) is 2. The summed E-state index contributed by atoms with van der Waals surface area (Å²) in [5.41, 5.74) is 0. The van der Waals surface area contributed by atoms with E-state index in [0.29, 0.717) is 51.0 Å². The lowest BCUT2D eigenvalue weighted by Gasteiger charge is -2.28. The third kappa shape index (κ3) is 19.9. The second kappa shape index (κ2) is 22.8. The molecule has 8 nitrogen and oxygen atoms in total. The number of nitrogens with zero attached hydrogens (tertiary/aromatic N) is 2. The zero-order chi connectivity index (χ0) is 28.8. The van der Waals surface area contributed by atoms with Crippen molar-refractivity contribution < 1.29 is 28.7 Å². The van der Waals surface area contributed by atoms with Crippen molar-refractivity contribution in [1.29, 1.82) is 0 Å². The first kappa shape index (κ1) is 35.9. The number of amides is 2. The van der Waals surface area contributed by atoms with E-state index in [-0.39, 0.29) is 49.7 Å². The van der Waals surface area contributed by atoms with Gasteiger partial charge in [-0.05, 0) is 38.5 Å². The molecule has 0 saturated heterocycles. The molecule has 0 unspecified atom stereocenters. The SMILES string of the molecule is CCOC(=O)CCN(CCN(CCC(=O)OCC)C(=O)CCCCCC(C)C)C(=O)CCCCCC(C)C. The highest BCUT2D eigenvalue weighted by atomic mass is 16.5. The minimum Gasteiger partial charge on any atom is -0.466 e. The molecule has 38 heavy (non-hydrogen) atoms. The maximum Gasteiger partial charge on any atom is 0.307 e. The Morgan fingerprint density at radius 1 is 0.526 bits per heavy atom. The molecule has 2 amide bonds. The fraction of sp³-hybridized carbons (Fsp3) is 0.867. The van der Waals surface area contributed by atoms with E-state index < -0.39 is 0 Å². The van der Waals surface area contributed by atoms with Gasteiger partial charge in [-0.2, -0.15) is 0 Å². The van der Waals surface area contributed by atoms with Gasteiger partial charge in [0.1, 0.15) is 0 Å². The van der Waals surface area contributed by atoms with Crippen molar-refractivity contribution in [2.24, 2.45) is 11.8 Å². The summed E-state index contributed by atoms with van der Waals surface area (Å²) >= 11 is 0. The molecule has 0 aromatic rings. The van der Waals surface area contributed by atoms with Crippen LogP contribution in [0.25, 0.3) is 0 Å². The first-order valence-corrected chi connectivity index (χ1v) is 15.0. The lowest BCUT2D eigenvalue weighted by molar-refractivity contribution is -0.146. The Balaban J connectivity index is 5.11. The molecule has 0 aliphatic carbocycles. The van der Waals surface area contributed by atoms with Gasteiger partial charge in [0.2, 0.25) is 11.8 Å². The molecule has 0 aliphatic rings. The average Bonchev–Trinajstić information content (AvgIpc) is 2.84. The summed E-state index contributed by atoms with van der Waals surface area (Å²) in [5.74, 6) is 0.619. The van der Waals surface area contributed by atoms with E-state index in [2.05, 4.69) is 27.7 Å². The van der Waals surface area contributed by atoms with Crippen molar-refractivity contribution in [3.8, 4) is 0 Å². The maximum atomic E-state index is 13.0. The van der Waals surface area contributed by atoms with Crippen LogP contribution in [0.4, 0.5) is 0 Å². The highest BCUT2D eigenvalue weighted by Gasteiger charge is 2.20. The molecule has 0 rings (SSSR count). The normalized spacial score (nSPS) is 11.1. The van der Waals surface area contributed by atoms with Crippen LogP contribution in [0.1, 0.15) is 119 Å². The van der Waals surface area contributed by atoms with Gasteiger partial charge in [-0.3, -0.25) is 19.2 Å². The Bertz CT molecular complexity index is 609. The van der Waals surface area contributed by atoms with E-state index >= 15 is 0 Å². The van der Waals surface area contributed by atoms with Crippen molar-refractivity contribution in [3.05, 3.63) is 0 Å². The van der Waals surface area contributed by atoms with E-state index in [9.17, 15) is 19.2 Å². The first-order valence-electron chi connectivity index (χ1n) is 15.0. The third-order valence-corrected chi connectivity index (χ3v) is 6.47. The van der Waals surface area contributed by atoms with Gasteiger partial charge in [-0.25, -0.2) is 0 Å². The summed E-state index contributed by atoms with van der Waals surface area (Å²) in [6.07, 6.45) is 9.20. The van der Waals surface area contributed by atoms with Gasteiger partial charge >= 0.3 is 11.9 Å². The largest absolute Gasteiger partial charge is 0.466 e. The summed E-state index contributed by atoms with van der Waals surface area (Å²) in [5, 5.41) is 0. The van der Waals surface area contributed by atoms with E-state index in [1.807, 2.05) is 0 Å². The van der Waals surface area contributed by atoms with Crippen LogP contribution in [0, 0.1) is 11.8 Å². The summed E-state index contributed by atoms with van der Waals surface area (Å²) in [4.78, 5) is 53.3. The van der Waals surface area contributed by atoms with Crippen molar-refractivity contribution in [3.63, 3.8) is 0 Å². The molecule has 0 fully saturated rings. The molecular formula is C30H56N2O6. The zero-order valence-electron chi connectivity index (χ0n) is 25.2. The number of esters is 2. The van der Waals surface area contributed by atoms with E-state index in [0.717, 1.165) is 51.4 Å². The predicted octanol–water partition coefficient (Wildman–Crippen LogP) is 5.76. The van der Waals surface area contributed by atoms with Crippen LogP contribution >= 0.6 is 0 Å². The van der Waals surface area contributed by atoms with Crippen LogP contribution in [0.15, 0.2) is 0 Å². The molecule has 222 valence electrons. The molecule has 0 aromatic heterocycles. The van der Waals surface area contributed by atoms with Gasteiger partial charge in [0, 0.05) is 39.0 Å². The molecular weight excluding hydrogens is 484 g/mol. The molecule has 8 heteroatoms. The summed E-state index contributed by atoms with van der Waals surface area (Å²) in [7, 11) is 0. The van der Waals surface area contributed by atoms with Gasteiger partial charge in [0.15, 0.2) is 0 Å². The maximum absolute atomic E-state index is 13.0. The molecule has 0 atom stereocenters. The van der Waals surface area contributed by atoms with Crippen molar-refractivity contribution in [1.82, 2.24) is 9.80 Å². The van der Waals surface area contributed by atoms with Crippen molar-refractivity contribution in [2.75, 3.05) is 39.4 Å². The molecule has 0 aliphatic heterocycles. The topological polar surface area (TPSA) is 93.2 Å². The highest BCUT2D eigenvalue weighted by molar-refractivity contribution is 5.78. The fourth-order valence-electron chi connectivity index (χ4n) is 4.21. The van der Waals surface area contributed by atoms with Gasteiger partial charge in [-0.15, -0.1) is 0 Å². The minimum atomic E-state index is -0.334. The number of unbranched alkanes of at least 4 members (excludes halogenated alkanes) is 4. The van der Waals surface area contributed by atoms with Crippen LogP contribution in [0.2, 0.25) is 0 Å². The predicted molar refractivity (Wildman–Crippen MR) is 152 cm³/mol. The van der Waals surface area contributed by atoms with Crippen molar-refractivity contribution in [2.45, 2.75) is 119 Å². The average molecular weight is 541 g/mol. The Hall–Kier alpha value is -2.12. The Morgan fingerprint density at radius 2 is 0.895 bits per heavy atom. The molecule has 0 bridgehead atoms. The molecule has 0 spiro atoms.